The number of aromatic amines is 1. The number of methoxy groups -OCH3 is 2. The fourth-order valence-corrected chi connectivity index (χ4v) is 4.72. The molecule has 6 rings (SSSR count). The van der Waals surface area contributed by atoms with Crippen molar-refractivity contribution < 1.29 is 9.47 Å². The van der Waals surface area contributed by atoms with Gasteiger partial charge in [0.2, 0.25) is 0 Å². The Morgan fingerprint density at radius 1 is 0.634 bits per heavy atom. The number of nitrogen functional groups attached to an aromatic ring is 2. The topological polar surface area (TPSA) is 111 Å². The molecule has 0 radical (unpaired) electrons. The number of hydrogen-bond donors (Lipinski definition) is 3. The number of rotatable bonds is 7. The lowest BCUT2D eigenvalue weighted by atomic mass is 10.0. The molecule has 2 heterocycles. The minimum atomic E-state index is 0.599. The average Bonchev–Trinajstić information content (AvgIpc) is 3.63. The number of anilines is 2. The summed E-state index contributed by atoms with van der Waals surface area (Å²) in [6.07, 6.45) is 2.06. The van der Waals surface area contributed by atoms with Crippen LogP contribution in [0.2, 0.25) is 0 Å². The smallest absolute Gasteiger partial charge is 0.162 e. The van der Waals surface area contributed by atoms with Gasteiger partial charge in [0.05, 0.1) is 19.9 Å². The molecule has 0 amide bonds. The second kappa shape index (κ2) is 10.9. The van der Waals surface area contributed by atoms with Crippen molar-refractivity contribution in [2.75, 3.05) is 25.7 Å². The molecule has 0 bridgehead atoms. The molecule has 1 aliphatic rings. The van der Waals surface area contributed by atoms with Gasteiger partial charge in [0.1, 0.15) is 17.3 Å². The predicted molar refractivity (Wildman–Crippen MR) is 168 cm³/mol. The van der Waals surface area contributed by atoms with Crippen LogP contribution in [0.3, 0.4) is 0 Å². The highest BCUT2D eigenvalue weighted by Gasteiger charge is 2.21. The lowest BCUT2D eigenvalue weighted by molar-refractivity contribution is 0.414. The summed E-state index contributed by atoms with van der Waals surface area (Å²) in [5.41, 5.74) is 20.8. The SMILES string of the molecule is COc1ccc(C2=CC(c3ccc(N)cc3)=NC2=Nc2[nH]c(-c3ccc(N)cc3)cc2-c2ccc(OC)cc2)cc1. The Labute approximate surface area is 238 Å². The summed E-state index contributed by atoms with van der Waals surface area (Å²) in [6.45, 7) is 0. The number of nitrogens with one attached hydrogen (secondary N) is 1. The Balaban J connectivity index is 1.50. The largest absolute Gasteiger partial charge is 0.497 e. The third kappa shape index (κ3) is 5.33. The summed E-state index contributed by atoms with van der Waals surface area (Å²) >= 11 is 0. The number of benzene rings is 4. The van der Waals surface area contributed by atoms with E-state index < -0.39 is 0 Å². The van der Waals surface area contributed by atoms with E-state index in [1.165, 1.54) is 0 Å². The molecule has 0 atom stereocenters. The van der Waals surface area contributed by atoms with Crippen molar-refractivity contribution in [3.63, 3.8) is 0 Å². The Bertz CT molecular complexity index is 1780. The van der Waals surface area contributed by atoms with Crippen molar-refractivity contribution in [2.24, 2.45) is 9.98 Å². The zero-order chi connectivity index (χ0) is 28.3. The van der Waals surface area contributed by atoms with E-state index in [2.05, 4.69) is 17.1 Å². The Hall–Kier alpha value is -5.56. The molecule has 0 spiro atoms. The van der Waals surface area contributed by atoms with E-state index in [0.29, 0.717) is 23.0 Å². The predicted octanol–water partition coefficient (Wildman–Crippen LogP) is 7.15. The minimum Gasteiger partial charge on any atom is -0.497 e. The fourth-order valence-electron chi connectivity index (χ4n) is 4.72. The van der Waals surface area contributed by atoms with Crippen molar-refractivity contribution in [2.45, 2.75) is 0 Å². The highest BCUT2D eigenvalue weighted by molar-refractivity contribution is 6.38. The zero-order valence-electron chi connectivity index (χ0n) is 22.8. The maximum Gasteiger partial charge on any atom is 0.162 e. The van der Waals surface area contributed by atoms with Crippen LogP contribution in [0.25, 0.3) is 28.0 Å². The molecule has 1 aliphatic heterocycles. The maximum atomic E-state index is 5.95. The molecule has 1 aromatic heterocycles. The molecule has 0 fully saturated rings. The third-order valence-electron chi connectivity index (χ3n) is 6.99. The number of ether oxygens (including phenoxy) is 2. The molecular formula is C34H29N5O2. The standard InChI is InChI=1S/C34H29N5O2/c1-40-27-15-7-21(8-16-27)29-19-31(23-3-11-25(35)12-4-23)37-33(29)39-34-30(22-9-17-28(41-2)18-10-22)20-32(38-34)24-5-13-26(36)14-6-24/h3-20,37H,35-36H2,1-2H3. The Morgan fingerprint density at radius 3 is 1.71 bits per heavy atom. The van der Waals surface area contributed by atoms with Crippen LogP contribution in [0.15, 0.2) is 119 Å². The monoisotopic (exact) mass is 539 g/mol. The van der Waals surface area contributed by atoms with Gasteiger partial charge in [-0.2, -0.15) is 0 Å². The molecule has 5 N–H and O–H groups in total. The van der Waals surface area contributed by atoms with Gasteiger partial charge in [0.15, 0.2) is 5.84 Å². The molecule has 4 aromatic carbocycles. The average molecular weight is 540 g/mol. The number of hydrogen-bond acceptors (Lipinski definition) is 5. The first-order valence-corrected chi connectivity index (χ1v) is 13.1. The van der Waals surface area contributed by atoms with Crippen LogP contribution in [-0.2, 0) is 0 Å². The number of amidine groups is 1. The van der Waals surface area contributed by atoms with Crippen molar-refractivity contribution in [3.05, 3.63) is 120 Å². The molecule has 5 aromatic rings. The molecule has 0 aliphatic carbocycles. The summed E-state index contributed by atoms with van der Waals surface area (Å²) in [4.78, 5) is 13.6. The van der Waals surface area contributed by atoms with Gasteiger partial charge in [-0.25, -0.2) is 9.98 Å². The molecule has 0 saturated carbocycles. The van der Waals surface area contributed by atoms with Crippen LogP contribution in [0.5, 0.6) is 11.5 Å². The lowest BCUT2D eigenvalue weighted by Crippen LogP contribution is -1.96. The van der Waals surface area contributed by atoms with Crippen LogP contribution in [0, 0.1) is 0 Å². The number of H-pyrrole nitrogens is 1. The number of nitrogens with zero attached hydrogens (tertiary/aromatic N) is 2. The highest BCUT2D eigenvalue weighted by atomic mass is 16.5. The van der Waals surface area contributed by atoms with Gasteiger partial charge >= 0.3 is 0 Å². The maximum absolute atomic E-state index is 5.95. The van der Waals surface area contributed by atoms with E-state index in [-0.39, 0.29) is 0 Å². The normalized spacial score (nSPS) is 13.7. The zero-order valence-corrected chi connectivity index (χ0v) is 22.8. The van der Waals surface area contributed by atoms with Crippen LogP contribution in [0.4, 0.5) is 17.2 Å². The van der Waals surface area contributed by atoms with Crippen molar-refractivity contribution in [3.8, 4) is 33.9 Å². The first-order chi connectivity index (χ1) is 20.0. The first kappa shape index (κ1) is 25.7. The van der Waals surface area contributed by atoms with E-state index in [1.54, 1.807) is 14.2 Å². The lowest BCUT2D eigenvalue weighted by Gasteiger charge is -2.06. The summed E-state index contributed by atoms with van der Waals surface area (Å²) < 4.78 is 10.8. The van der Waals surface area contributed by atoms with E-state index in [4.69, 9.17) is 30.9 Å². The molecule has 7 heteroatoms. The molecule has 0 saturated heterocycles. The fraction of sp³-hybridized carbons (Fsp3) is 0.0588. The van der Waals surface area contributed by atoms with E-state index in [0.717, 1.165) is 56.3 Å². The van der Waals surface area contributed by atoms with Crippen LogP contribution < -0.4 is 20.9 Å². The number of aliphatic imine (C=N–C) groups is 2. The molecular weight excluding hydrogens is 510 g/mol. The summed E-state index contributed by atoms with van der Waals surface area (Å²) in [5.74, 6) is 2.86. The van der Waals surface area contributed by atoms with Gasteiger partial charge < -0.3 is 25.9 Å². The molecule has 202 valence electrons. The second-order valence-corrected chi connectivity index (χ2v) is 9.64. The van der Waals surface area contributed by atoms with Gasteiger partial charge in [0, 0.05) is 33.8 Å². The van der Waals surface area contributed by atoms with Crippen molar-refractivity contribution in [1.29, 1.82) is 0 Å². The van der Waals surface area contributed by atoms with Gasteiger partial charge in [-0.15, -0.1) is 0 Å². The third-order valence-corrected chi connectivity index (χ3v) is 6.99. The summed E-state index contributed by atoms with van der Waals surface area (Å²) in [7, 11) is 3.31. The summed E-state index contributed by atoms with van der Waals surface area (Å²) in [6, 6.07) is 33.4. The van der Waals surface area contributed by atoms with Crippen molar-refractivity contribution in [1.82, 2.24) is 4.98 Å². The molecule has 7 nitrogen and oxygen atoms in total. The minimum absolute atomic E-state index is 0.599. The van der Waals surface area contributed by atoms with Gasteiger partial charge in [0.25, 0.3) is 0 Å². The van der Waals surface area contributed by atoms with E-state index in [9.17, 15) is 0 Å². The number of allylic oxidation sites excluding steroid dienone is 1. The van der Waals surface area contributed by atoms with E-state index in [1.807, 2.05) is 97.1 Å². The molecule has 41 heavy (non-hydrogen) atoms. The van der Waals surface area contributed by atoms with Crippen molar-refractivity contribution >= 4 is 34.3 Å². The van der Waals surface area contributed by atoms with Crippen LogP contribution in [-0.4, -0.2) is 30.8 Å². The van der Waals surface area contributed by atoms with Gasteiger partial charge in [-0.1, -0.05) is 48.5 Å². The summed E-state index contributed by atoms with van der Waals surface area (Å²) in [5, 5.41) is 0. The van der Waals surface area contributed by atoms with E-state index >= 15 is 0 Å². The van der Waals surface area contributed by atoms with Gasteiger partial charge in [-0.3, -0.25) is 0 Å². The molecule has 0 unspecified atom stereocenters. The quantitative estimate of drug-likeness (QED) is 0.191. The van der Waals surface area contributed by atoms with Crippen LogP contribution >= 0.6 is 0 Å². The second-order valence-electron chi connectivity index (χ2n) is 9.64. The van der Waals surface area contributed by atoms with Gasteiger partial charge in [-0.05, 0) is 77.4 Å². The highest BCUT2D eigenvalue weighted by Crippen LogP contribution is 2.37. The first-order valence-electron chi connectivity index (χ1n) is 13.1. The number of nitrogens with two attached hydrogens (primary N) is 2. The van der Waals surface area contributed by atoms with Crippen LogP contribution in [0.1, 0.15) is 11.1 Å². The Kier molecular flexibility index (Phi) is 6.83. The Morgan fingerprint density at radius 2 is 1.15 bits per heavy atom. The number of aromatic nitrogens is 1.